The van der Waals surface area contributed by atoms with Crippen LogP contribution in [0.25, 0.3) is 0 Å². The summed E-state index contributed by atoms with van der Waals surface area (Å²) in [6.45, 7) is 5.03. The second-order valence-corrected chi connectivity index (χ2v) is 6.38. The Labute approximate surface area is 131 Å². The molecule has 0 saturated carbocycles. The molecule has 0 bridgehead atoms. The number of methoxy groups -OCH3 is 1. The summed E-state index contributed by atoms with van der Waals surface area (Å²) in [4.78, 5) is 31.5. The molecule has 6 nitrogen and oxygen atoms in total. The van der Waals surface area contributed by atoms with E-state index in [1.54, 1.807) is 19.4 Å². The van der Waals surface area contributed by atoms with Crippen molar-refractivity contribution in [3.8, 4) is 0 Å². The van der Waals surface area contributed by atoms with Crippen LogP contribution in [-0.2, 0) is 14.3 Å². The number of likely N-dealkylation sites (N-methyl/N-ethyl adjacent to an activating group) is 1. The number of rotatable bonds is 5. The zero-order chi connectivity index (χ0) is 16.3. The third-order valence-corrected chi connectivity index (χ3v) is 4.04. The lowest BCUT2D eigenvalue weighted by Crippen LogP contribution is -2.59. The summed E-state index contributed by atoms with van der Waals surface area (Å²) < 4.78 is 4.81. The van der Waals surface area contributed by atoms with Crippen molar-refractivity contribution in [2.45, 2.75) is 19.9 Å². The fourth-order valence-electron chi connectivity index (χ4n) is 2.95. The molecule has 0 N–H and O–H groups in total. The smallest absolute Gasteiger partial charge is 0.248 e. The van der Waals surface area contributed by atoms with Crippen LogP contribution in [0.15, 0.2) is 24.5 Å². The van der Waals surface area contributed by atoms with Gasteiger partial charge in [0.1, 0.15) is 6.61 Å². The quantitative estimate of drug-likeness (QED) is 0.817. The second kappa shape index (κ2) is 6.44. The van der Waals surface area contributed by atoms with Crippen molar-refractivity contribution in [1.29, 1.82) is 0 Å². The minimum absolute atomic E-state index is 0.0109. The number of pyridine rings is 1. The fraction of sp³-hybridized carbons (Fsp3) is 0.562. The van der Waals surface area contributed by atoms with Gasteiger partial charge in [0, 0.05) is 38.5 Å². The van der Waals surface area contributed by atoms with Crippen molar-refractivity contribution in [2.75, 3.05) is 33.9 Å². The Bertz CT molecular complexity index is 545. The molecule has 1 fully saturated rings. The summed E-state index contributed by atoms with van der Waals surface area (Å²) in [6, 6.07) is 3.89. The van der Waals surface area contributed by atoms with Gasteiger partial charge in [-0.05, 0) is 17.7 Å². The van der Waals surface area contributed by atoms with Crippen molar-refractivity contribution in [2.24, 2.45) is 5.41 Å². The van der Waals surface area contributed by atoms with E-state index in [4.69, 9.17) is 4.74 Å². The van der Waals surface area contributed by atoms with Crippen molar-refractivity contribution in [1.82, 2.24) is 14.8 Å². The highest BCUT2D eigenvalue weighted by molar-refractivity contribution is 5.86. The first-order chi connectivity index (χ1) is 10.4. The van der Waals surface area contributed by atoms with Gasteiger partial charge in [-0.15, -0.1) is 0 Å². The predicted octanol–water partition coefficient (Wildman–Crippen LogP) is 1.10. The topological polar surface area (TPSA) is 62.7 Å². The largest absolute Gasteiger partial charge is 0.375 e. The summed E-state index contributed by atoms with van der Waals surface area (Å²) in [6.07, 6.45) is 3.47. The van der Waals surface area contributed by atoms with Crippen molar-refractivity contribution in [3.63, 3.8) is 0 Å². The van der Waals surface area contributed by atoms with E-state index in [0.29, 0.717) is 6.54 Å². The SMILES string of the molecule is COCC(=O)N(C)CC(=O)N1CC(C)(C)C1c1ccncc1. The lowest BCUT2D eigenvalue weighted by Gasteiger charge is -2.54. The first-order valence-electron chi connectivity index (χ1n) is 7.29. The maximum atomic E-state index is 12.5. The number of likely N-dealkylation sites (tertiary alicyclic amines) is 1. The predicted molar refractivity (Wildman–Crippen MR) is 82.0 cm³/mol. The van der Waals surface area contributed by atoms with E-state index in [0.717, 1.165) is 5.56 Å². The summed E-state index contributed by atoms with van der Waals surface area (Å²) >= 11 is 0. The number of hydrogen-bond donors (Lipinski definition) is 0. The molecule has 0 aromatic carbocycles. The van der Waals surface area contributed by atoms with Gasteiger partial charge in [-0.2, -0.15) is 0 Å². The van der Waals surface area contributed by atoms with Crippen LogP contribution in [0.4, 0.5) is 0 Å². The van der Waals surface area contributed by atoms with Gasteiger partial charge in [-0.25, -0.2) is 0 Å². The van der Waals surface area contributed by atoms with E-state index in [1.165, 1.54) is 12.0 Å². The molecule has 2 amide bonds. The van der Waals surface area contributed by atoms with E-state index < -0.39 is 0 Å². The normalized spacial score (nSPS) is 19.5. The van der Waals surface area contributed by atoms with Crippen LogP contribution < -0.4 is 0 Å². The number of aromatic nitrogens is 1. The van der Waals surface area contributed by atoms with E-state index in [1.807, 2.05) is 17.0 Å². The van der Waals surface area contributed by atoms with Crippen LogP contribution >= 0.6 is 0 Å². The lowest BCUT2D eigenvalue weighted by molar-refractivity contribution is -0.156. The number of hydrogen-bond acceptors (Lipinski definition) is 4. The van der Waals surface area contributed by atoms with E-state index in [2.05, 4.69) is 18.8 Å². The Morgan fingerprint density at radius 2 is 2.05 bits per heavy atom. The van der Waals surface area contributed by atoms with E-state index >= 15 is 0 Å². The first kappa shape index (κ1) is 16.4. The van der Waals surface area contributed by atoms with Crippen molar-refractivity contribution < 1.29 is 14.3 Å². The van der Waals surface area contributed by atoms with Gasteiger partial charge in [0.25, 0.3) is 0 Å². The fourth-order valence-corrected chi connectivity index (χ4v) is 2.95. The molecule has 120 valence electrons. The molecule has 1 unspecified atom stereocenters. The number of carbonyl (C=O) groups is 2. The Hall–Kier alpha value is -1.95. The molecule has 1 atom stereocenters. The summed E-state index contributed by atoms with van der Waals surface area (Å²) in [7, 11) is 3.08. The molecule has 1 aromatic heterocycles. The zero-order valence-electron chi connectivity index (χ0n) is 13.6. The van der Waals surface area contributed by atoms with Crippen LogP contribution in [0.1, 0.15) is 25.5 Å². The van der Waals surface area contributed by atoms with Gasteiger partial charge in [-0.3, -0.25) is 14.6 Å². The van der Waals surface area contributed by atoms with Crippen molar-refractivity contribution in [3.05, 3.63) is 30.1 Å². The third kappa shape index (κ3) is 3.27. The molecular weight excluding hydrogens is 282 g/mol. The average molecular weight is 305 g/mol. The molecule has 0 spiro atoms. The van der Waals surface area contributed by atoms with Crippen LogP contribution in [0.2, 0.25) is 0 Å². The monoisotopic (exact) mass is 305 g/mol. The van der Waals surface area contributed by atoms with Crippen LogP contribution in [0.3, 0.4) is 0 Å². The van der Waals surface area contributed by atoms with E-state index in [-0.39, 0.29) is 36.4 Å². The summed E-state index contributed by atoms with van der Waals surface area (Å²) in [5.74, 6) is -0.246. The number of carbonyl (C=O) groups excluding carboxylic acids is 2. The summed E-state index contributed by atoms with van der Waals surface area (Å²) in [5, 5.41) is 0. The van der Waals surface area contributed by atoms with Crippen LogP contribution in [0, 0.1) is 5.41 Å². The van der Waals surface area contributed by atoms with Gasteiger partial charge >= 0.3 is 0 Å². The zero-order valence-corrected chi connectivity index (χ0v) is 13.6. The molecule has 1 aliphatic heterocycles. The third-order valence-electron chi connectivity index (χ3n) is 4.04. The molecule has 1 aliphatic rings. The average Bonchev–Trinajstić information content (AvgIpc) is 2.46. The Kier molecular flexibility index (Phi) is 4.81. The molecule has 1 aromatic rings. The Morgan fingerprint density at radius 3 is 2.59 bits per heavy atom. The lowest BCUT2D eigenvalue weighted by atomic mass is 9.72. The highest BCUT2D eigenvalue weighted by Crippen LogP contribution is 2.48. The first-order valence-corrected chi connectivity index (χ1v) is 7.29. The molecule has 6 heteroatoms. The number of amides is 2. The molecule has 0 aliphatic carbocycles. The maximum absolute atomic E-state index is 12.5. The highest BCUT2D eigenvalue weighted by atomic mass is 16.5. The van der Waals surface area contributed by atoms with Crippen LogP contribution in [0.5, 0.6) is 0 Å². The maximum Gasteiger partial charge on any atom is 0.248 e. The number of nitrogens with zero attached hydrogens (tertiary/aromatic N) is 3. The Morgan fingerprint density at radius 1 is 1.41 bits per heavy atom. The standard InChI is InChI=1S/C16H23N3O3/c1-16(2)11-19(15(16)12-5-7-17-8-6-12)13(20)9-18(3)14(21)10-22-4/h5-8,15H,9-11H2,1-4H3. The molecule has 1 saturated heterocycles. The minimum atomic E-state index is -0.198. The molecule has 0 radical (unpaired) electrons. The molecule has 2 rings (SSSR count). The number of ether oxygens (including phenoxy) is 1. The molecule has 2 heterocycles. The summed E-state index contributed by atoms with van der Waals surface area (Å²) in [5.41, 5.74) is 1.09. The van der Waals surface area contributed by atoms with Gasteiger partial charge in [0.05, 0.1) is 12.6 Å². The second-order valence-electron chi connectivity index (χ2n) is 6.38. The molecule has 22 heavy (non-hydrogen) atoms. The molecular formula is C16H23N3O3. The Balaban J connectivity index is 2.06. The van der Waals surface area contributed by atoms with Gasteiger partial charge in [-0.1, -0.05) is 13.8 Å². The minimum Gasteiger partial charge on any atom is -0.375 e. The van der Waals surface area contributed by atoms with Gasteiger partial charge in [0.15, 0.2) is 0 Å². The highest BCUT2D eigenvalue weighted by Gasteiger charge is 2.48. The van der Waals surface area contributed by atoms with Crippen LogP contribution in [-0.4, -0.2) is 60.5 Å². The van der Waals surface area contributed by atoms with Gasteiger partial charge < -0.3 is 14.5 Å². The van der Waals surface area contributed by atoms with Crippen molar-refractivity contribution >= 4 is 11.8 Å². The van der Waals surface area contributed by atoms with Gasteiger partial charge in [0.2, 0.25) is 11.8 Å². The van der Waals surface area contributed by atoms with E-state index in [9.17, 15) is 9.59 Å².